The molecule has 0 fully saturated rings. The molecule has 2 rings (SSSR count). The number of hydrogen-bond acceptors (Lipinski definition) is 2. The van der Waals surface area contributed by atoms with Gasteiger partial charge in [0, 0.05) is 0 Å². The van der Waals surface area contributed by atoms with Crippen molar-refractivity contribution in [3.8, 4) is 0 Å². The van der Waals surface area contributed by atoms with Crippen LogP contribution >= 0.6 is 0 Å². The molecule has 1 aromatic heterocycles. The molecule has 0 aromatic carbocycles. The molecular formula is C5H5N3O. The number of nitrogens with one attached hydrogen (secondary N) is 2. The van der Waals surface area contributed by atoms with Gasteiger partial charge in [-0.1, -0.05) is 0 Å². The van der Waals surface area contributed by atoms with E-state index in [1.54, 1.807) is 6.33 Å². The Morgan fingerprint density at radius 3 is 3.33 bits per heavy atom. The molecule has 1 aliphatic rings. The van der Waals surface area contributed by atoms with Gasteiger partial charge in [-0.3, -0.25) is 4.79 Å². The third-order valence-electron chi connectivity index (χ3n) is 1.31. The summed E-state index contributed by atoms with van der Waals surface area (Å²) in [4.78, 5) is 17.3. The molecule has 0 saturated carbocycles. The zero-order valence-corrected chi connectivity index (χ0v) is 4.64. The molecule has 0 atom stereocenters. The van der Waals surface area contributed by atoms with Crippen molar-refractivity contribution in [2.75, 3.05) is 5.32 Å². The molecule has 1 amide bonds. The lowest BCUT2D eigenvalue weighted by molar-refractivity contribution is -0.115. The van der Waals surface area contributed by atoms with Gasteiger partial charge in [0.25, 0.3) is 0 Å². The van der Waals surface area contributed by atoms with Crippen LogP contribution in [-0.2, 0) is 11.2 Å². The molecule has 0 aliphatic carbocycles. The first-order valence-corrected chi connectivity index (χ1v) is 2.68. The lowest BCUT2D eigenvalue weighted by Crippen LogP contribution is -2.04. The topological polar surface area (TPSA) is 57.8 Å². The smallest absolute Gasteiger partial charge is 0.231 e. The van der Waals surface area contributed by atoms with Gasteiger partial charge in [-0.05, 0) is 0 Å². The Morgan fingerprint density at radius 2 is 2.56 bits per heavy atom. The van der Waals surface area contributed by atoms with Gasteiger partial charge in [0.05, 0.1) is 18.4 Å². The number of nitrogens with zero attached hydrogens (tertiary/aromatic N) is 1. The lowest BCUT2D eigenvalue weighted by atomic mass is 10.4. The summed E-state index contributed by atoms with van der Waals surface area (Å²) in [6.07, 6.45) is 2.01. The average Bonchev–Trinajstić information content (AvgIpc) is 2.22. The van der Waals surface area contributed by atoms with Crippen LogP contribution in [0, 0.1) is 0 Å². The molecule has 46 valence electrons. The number of amides is 1. The van der Waals surface area contributed by atoms with Crippen LogP contribution in [0.15, 0.2) is 6.33 Å². The van der Waals surface area contributed by atoms with Crippen molar-refractivity contribution in [1.29, 1.82) is 0 Å². The molecule has 4 nitrogen and oxygen atoms in total. The molecule has 1 aromatic rings. The number of H-pyrrole nitrogens is 1. The van der Waals surface area contributed by atoms with Crippen LogP contribution in [0.4, 0.5) is 5.82 Å². The van der Waals surface area contributed by atoms with Crippen LogP contribution in [0.2, 0.25) is 0 Å². The summed E-state index contributed by atoms with van der Waals surface area (Å²) in [7, 11) is 0. The van der Waals surface area contributed by atoms with Crippen molar-refractivity contribution in [2.45, 2.75) is 6.42 Å². The van der Waals surface area contributed by atoms with Gasteiger partial charge in [-0.15, -0.1) is 0 Å². The Kier molecular flexibility index (Phi) is 0.677. The number of rotatable bonds is 0. The maximum atomic E-state index is 10.6. The van der Waals surface area contributed by atoms with Gasteiger partial charge < -0.3 is 10.3 Å². The zero-order valence-electron chi connectivity index (χ0n) is 4.64. The molecule has 2 N–H and O–H groups in total. The number of carbonyl (C=O) groups is 1. The monoisotopic (exact) mass is 123 g/mol. The Morgan fingerprint density at radius 1 is 1.67 bits per heavy atom. The van der Waals surface area contributed by atoms with Crippen LogP contribution in [0.25, 0.3) is 0 Å². The van der Waals surface area contributed by atoms with Gasteiger partial charge >= 0.3 is 0 Å². The summed E-state index contributed by atoms with van der Waals surface area (Å²) in [5, 5.41) is 2.60. The number of anilines is 1. The molecule has 4 heteroatoms. The molecule has 0 radical (unpaired) electrons. The highest BCUT2D eigenvalue weighted by Crippen LogP contribution is 2.16. The Bertz CT molecular complexity index is 230. The van der Waals surface area contributed by atoms with Gasteiger partial charge in [0.2, 0.25) is 5.91 Å². The number of hydrogen-bond donors (Lipinski definition) is 2. The van der Waals surface area contributed by atoms with Gasteiger partial charge in [0.15, 0.2) is 5.82 Å². The second-order valence-electron chi connectivity index (χ2n) is 1.95. The standard InChI is InChI=1S/C5H5N3O/c9-4-1-3-5(8-4)7-2-6-3/h2H,1H2,(H,6,7)(H,8,9). The van der Waals surface area contributed by atoms with E-state index in [1.165, 1.54) is 0 Å². The number of carbonyl (C=O) groups excluding carboxylic acids is 1. The van der Waals surface area contributed by atoms with E-state index in [9.17, 15) is 4.79 Å². The number of aromatic amines is 1. The van der Waals surface area contributed by atoms with E-state index in [4.69, 9.17) is 0 Å². The SMILES string of the molecule is O=C1Cc2[nH]cnc2N1. The van der Waals surface area contributed by atoms with Gasteiger partial charge in [0.1, 0.15) is 0 Å². The third kappa shape index (κ3) is 0.526. The van der Waals surface area contributed by atoms with Crippen LogP contribution in [-0.4, -0.2) is 15.9 Å². The molecule has 0 saturated heterocycles. The van der Waals surface area contributed by atoms with Crippen LogP contribution < -0.4 is 5.32 Å². The van der Waals surface area contributed by atoms with Crippen LogP contribution in [0.1, 0.15) is 5.69 Å². The summed E-state index contributed by atoms with van der Waals surface area (Å²) in [6.45, 7) is 0. The van der Waals surface area contributed by atoms with Crippen molar-refractivity contribution in [3.05, 3.63) is 12.0 Å². The van der Waals surface area contributed by atoms with E-state index >= 15 is 0 Å². The van der Waals surface area contributed by atoms with E-state index in [0.717, 1.165) is 5.69 Å². The molecule has 2 heterocycles. The quantitative estimate of drug-likeness (QED) is 0.506. The van der Waals surface area contributed by atoms with Gasteiger partial charge in [-0.25, -0.2) is 4.98 Å². The fourth-order valence-electron chi connectivity index (χ4n) is 0.900. The van der Waals surface area contributed by atoms with E-state index in [1.807, 2.05) is 0 Å². The second kappa shape index (κ2) is 1.34. The highest BCUT2D eigenvalue weighted by molar-refractivity contribution is 5.97. The lowest BCUT2D eigenvalue weighted by Gasteiger charge is -1.83. The minimum absolute atomic E-state index is 0.0179. The summed E-state index contributed by atoms with van der Waals surface area (Å²) < 4.78 is 0. The van der Waals surface area contributed by atoms with Crippen molar-refractivity contribution < 1.29 is 4.79 Å². The predicted molar refractivity (Wildman–Crippen MR) is 30.9 cm³/mol. The van der Waals surface area contributed by atoms with E-state index in [0.29, 0.717) is 12.2 Å². The first-order valence-electron chi connectivity index (χ1n) is 2.68. The zero-order chi connectivity index (χ0) is 6.27. The molecule has 0 unspecified atom stereocenters. The molecule has 0 bridgehead atoms. The van der Waals surface area contributed by atoms with Crippen molar-refractivity contribution in [1.82, 2.24) is 9.97 Å². The molecular weight excluding hydrogens is 118 g/mol. The predicted octanol–water partition coefficient (Wildman–Crippen LogP) is -0.0957. The van der Waals surface area contributed by atoms with Gasteiger partial charge in [-0.2, -0.15) is 0 Å². The Balaban J connectivity index is 2.49. The fraction of sp³-hybridized carbons (Fsp3) is 0.200. The molecule has 9 heavy (non-hydrogen) atoms. The minimum atomic E-state index is 0.0179. The number of fused-ring (bicyclic) bond motifs is 1. The highest BCUT2D eigenvalue weighted by Gasteiger charge is 2.18. The number of aromatic nitrogens is 2. The first-order chi connectivity index (χ1) is 4.36. The third-order valence-corrected chi connectivity index (χ3v) is 1.31. The molecule has 1 aliphatic heterocycles. The minimum Gasteiger partial charge on any atom is -0.346 e. The first kappa shape index (κ1) is 4.55. The maximum absolute atomic E-state index is 10.6. The second-order valence-corrected chi connectivity index (χ2v) is 1.95. The molecule has 0 spiro atoms. The van der Waals surface area contributed by atoms with Crippen molar-refractivity contribution in [3.63, 3.8) is 0 Å². The Hall–Kier alpha value is -1.32. The van der Waals surface area contributed by atoms with E-state index in [-0.39, 0.29) is 5.91 Å². The number of imidazole rings is 1. The summed E-state index contributed by atoms with van der Waals surface area (Å²) in [6, 6.07) is 0. The maximum Gasteiger partial charge on any atom is 0.231 e. The normalized spacial score (nSPS) is 15.3. The average molecular weight is 123 g/mol. The van der Waals surface area contributed by atoms with E-state index in [2.05, 4.69) is 15.3 Å². The fourth-order valence-corrected chi connectivity index (χ4v) is 0.900. The largest absolute Gasteiger partial charge is 0.346 e. The van der Waals surface area contributed by atoms with Crippen molar-refractivity contribution in [2.24, 2.45) is 0 Å². The summed E-state index contributed by atoms with van der Waals surface area (Å²) in [5.74, 6) is 0.698. The Labute approximate surface area is 51.3 Å². The summed E-state index contributed by atoms with van der Waals surface area (Å²) in [5.41, 5.74) is 0.889. The summed E-state index contributed by atoms with van der Waals surface area (Å²) >= 11 is 0. The van der Waals surface area contributed by atoms with Crippen LogP contribution in [0.5, 0.6) is 0 Å². The van der Waals surface area contributed by atoms with E-state index < -0.39 is 0 Å². The highest BCUT2D eigenvalue weighted by atomic mass is 16.1. The van der Waals surface area contributed by atoms with Crippen LogP contribution in [0.3, 0.4) is 0 Å². The van der Waals surface area contributed by atoms with Crippen molar-refractivity contribution >= 4 is 11.7 Å².